The molecule has 0 fully saturated rings. The number of anilines is 1. The molecule has 5 heteroatoms. The first-order chi connectivity index (χ1) is 7.68. The second-order valence-corrected chi connectivity index (χ2v) is 4.95. The van der Waals surface area contributed by atoms with Gasteiger partial charge in [-0.15, -0.1) is 11.3 Å². The van der Waals surface area contributed by atoms with Crippen molar-refractivity contribution in [2.75, 3.05) is 5.32 Å². The van der Waals surface area contributed by atoms with Gasteiger partial charge in [0.2, 0.25) is 0 Å². The summed E-state index contributed by atoms with van der Waals surface area (Å²) in [5.74, 6) is -0.131. The molecule has 0 saturated carbocycles. The maximum absolute atomic E-state index is 11.9. The minimum Gasteiger partial charge on any atom is -0.298 e. The van der Waals surface area contributed by atoms with Crippen LogP contribution < -0.4 is 5.32 Å². The lowest BCUT2D eigenvalue weighted by Crippen LogP contribution is -2.13. The van der Waals surface area contributed by atoms with Crippen LogP contribution in [0.1, 0.15) is 15.9 Å². The van der Waals surface area contributed by atoms with E-state index in [1.807, 2.05) is 24.4 Å². The van der Waals surface area contributed by atoms with Crippen molar-refractivity contribution in [3.05, 3.63) is 45.4 Å². The van der Waals surface area contributed by atoms with Gasteiger partial charge in [-0.25, -0.2) is 4.98 Å². The summed E-state index contributed by atoms with van der Waals surface area (Å²) in [6, 6.07) is 5.55. The Morgan fingerprint density at radius 3 is 3.00 bits per heavy atom. The highest BCUT2D eigenvalue weighted by Crippen LogP contribution is 2.20. The summed E-state index contributed by atoms with van der Waals surface area (Å²) in [4.78, 5) is 15.9. The molecule has 2 aromatic rings. The molecule has 1 N–H and O–H groups in total. The minimum absolute atomic E-state index is 0.131. The van der Waals surface area contributed by atoms with Gasteiger partial charge in [-0.05, 0) is 24.6 Å². The SMILES string of the molecule is Cc1c(Br)cccc1C(=O)Nc1nccs1. The van der Waals surface area contributed by atoms with Gasteiger partial charge in [0.15, 0.2) is 5.13 Å². The summed E-state index contributed by atoms with van der Waals surface area (Å²) in [5, 5.41) is 5.19. The van der Waals surface area contributed by atoms with Crippen LogP contribution in [0.5, 0.6) is 0 Å². The van der Waals surface area contributed by atoms with Crippen LogP contribution in [0.4, 0.5) is 5.13 Å². The van der Waals surface area contributed by atoms with Gasteiger partial charge in [-0.3, -0.25) is 10.1 Å². The van der Waals surface area contributed by atoms with E-state index < -0.39 is 0 Å². The predicted octanol–water partition coefficient (Wildman–Crippen LogP) is 3.47. The molecule has 1 aromatic carbocycles. The third-order valence-electron chi connectivity index (χ3n) is 2.17. The number of amides is 1. The van der Waals surface area contributed by atoms with E-state index in [0.717, 1.165) is 10.0 Å². The van der Waals surface area contributed by atoms with Crippen LogP contribution in [0.15, 0.2) is 34.2 Å². The summed E-state index contributed by atoms with van der Waals surface area (Å²) >= 11 is 4.80. The summed E-state index contributed by atoms with van der Waals surface area (Å²) < 4.78 is 0.930. The molecule has 2 rings (SSSR count). The predicted molar refractivity (Wildman–Crippen MR) is 68.9 cm³/mol. The number of rotatable bonds is 2. The van der Waals surface area contributed by atoms with E-state index >= 15 is 0 Å². The molecule has 0 spiro atoms. The Morgan fingerprint density at radius 2 is 2.31 bits per heavy atom. The standard InChI is InChI=1S/C11H9BrN2OS/c1-7-8(3-2-4-9(7)12)10(15)14-11-13-5-6-16-11/h2-6H,1H3,(H,13,14,15). The molecule has 1 amide bonds. The monoisotopic (exact) mass is 296 g/mol. The maximum atomic E-state index is 11.9. The molecule has 0 aliphatic carbocycles. The van der Waals surface area contributed by atoms with Crippen LogP contribution in [0.3, 0.4) is 0 Å². The van der Waals surface area contributed by atoms with Crippen LogP contribution in [-0.4, -0.2) is 10.9 Å². The largest absolute Gasteiger partial charge is 0.298 e. The van der Waals surface area contributed by atoms with Gasteiger partial charge in [0.05, 0.1) is 0 Å². The summed E-state index contributed by atoms with van der Waals surface area (Å²) in [6.07, 6.45) is 1.66. The van der Waals surface area contributed by atoms with Crippen molar-refractivity contribution in [2.24, 2.45) is 0 Å². The zero-order valence-electron chi connectivity index (χ0n) is 8.53. The quantitative estimate of drug-likeness (QED) is 0.922. The van der Waals surface area contributed by atoms with E-state index in [4.69, 9.17) is 0 Å². The molecule has 0 saturated heterocycles. The van der Waals surface area contributed by atoms with Crippen molar-refractivity contribution >= 4 is 38.3 Å². The van der Waals surface area contributed by atoms with Crippen LogP contribution in [0.2, 0.25) is 0 Å². The Bertz CT molecular complexity index is 511. The van der Waals surface area contributed by atoms with Crippen LogP contribution >= 0.6 is 27.3 Å². The first kappa shape index (κ1) is 11.3. The number of thiazole rings is 1. The van der Waals surface area contributed by atoms with Gasteiger partial charge in [0.25, 0.3) is 5.91 Å². The smallest absolute Gasteiger partial charge is 0.257 e. The number of halogens is 1. The van der Waals surface area contributed by atoms with Crippen molar-refractivity contribution in [1.82, 2.24) is 4.98 Å². The van der Waals surface area contributed by atoms with Gasteiger partial charge in [-0.2, -0.15) is 0 Å². The van der Waals surface area contributed by atoms with Gasteiger partial charge < -0.3 is 0 Å². The summed E-state index contributed by atoms with van der Waals surface area (Å²) in [5.41, 5.74) is 1.58. The molecule has 0 aliphatic heterocycles. The molecule has 16 heavy (non-hydrogen) atoms. The van der Waals surface area contributed by atoms with Gasteiger partial charge in [-0.1, -0.05) is 22.0 Å². The van der Waals surface area contributed by atoms with Crippen LogP contribution in [0.25, 0.3) is 0 Å². The lowest BCUT2D eigenvalue weighted by Gasteiger charge is -2.06. The number of carbonyl (C=O) groups is 1. The molecular weight excluding hydrogens is 288 g/mol. The van der Waals surface area contributed by atoms with Crippen LogP contribution in [-0.2, 0) is 0 Å². The average Bonchev–Trinajstić information content (AvgIpc) is 2.74. The molecule has 0 radical (unpaired) electrons. The van der Waals surface area contributed by atoms with E-state index in [2.05, 4.69) is 26.2 Å². The Hall–Kier alpha value is -1.20. The fraction of sp³-hybridized carbons (Fsp3) is 0.0909. The van der Waals surface area contributed by atoms with Gasteiger partial charge in [0.1, 0.15) is 0 Å². The van der Waals surface area contributed by atoms with Crippen molar-refractivity contribution in [2.45, 2.75) is 6.92 Å². The number of nitrogens with one attached hydrogen (secondary N) is 1. The number of hydrogen-bond acceptors (Lipinski definition) is 3. The number of carbonyl (C=O) groups excluding carboxylic acids is 1. The van der Waals surface area contributed by atoms with E-state index in [-0.39, 0.29) is 5.91 Å². The average molecular weight is 297 g/mol. The van der Waals surface area contributed by atoms with Gasteiger partial charge in [0, 0.05) is 21.6 Å². The second-order valence-electron chi connectivity index (χ2n) is 3.20. The maximum Gasteiger partial charge on any atom is 0.257 e. The van der Waals surface area contributed by atoms with Crippen molar-refractivity contribution < 1.29 is 4.79 Å². The van der Waals surface area contributed by atoms with Crippen molar-refractivity contribution in [3.63, 3.8) is 0 Å². The first-order valence-corrected chi connectivity index (χ1v) is 6.31. The Balaban J connectivity index is 2.24. The third kappa shape index (κ3) is 2.31. The zero-order valence-corrected chi connectivity index (χ0v) is 10.9. The Kier molecular flexibility index (Phi) is 3.36. The summed E-state index contributed by atoms with van der Waals surface area (Å²) in [6.45, 7) is 1.90. The Morgan fingerprint density at radius 1 is 1.50 bits per heavy atom. The van der Waals surface area contributed by atoms with E-state index in [1.165, 1.54) is 11.3 Å². The summed E-state index contributed by atoms with van der Waals surface area (Å²) in [7, 11) is 0. The molecule has 1 heterocycles. The number of nitrogens with zero attached hydrogens (tertiary/aromatic N) is 1. The van der Waals surface area contributed by atoms with Crippen molar-refractivity contribution in [3.8, 4) is 0 Å². The minimum atomic E-state index is -0.131. The molecular formula is C11H9BrN2OS. The fourth-order valence-corrected chi connectivity index (χ4v) is 2.19. The number of aromatic nitrogens is 1. The zero-order chi connectivity index (χ0) is 11.5. The topological polar surface area (TPSA) is 42.0 Å². The number of hydrogen-bond donors (Lipinski definition) is 1. The van der Waals surface area contributed by atoms with Crippen LogP contribution in [0, 0.1) is 6.92 Å². The highest BCUT2D eigenvalue weighted by molar-refractivity contribution is 9.10. The molecule has 0 unspecified atom stereocenters. The van der Waals surface area contributed by atoms with Crippen molar-refractivity contribution in [1.29, 1.82) is 0 Å². The highest BCUT2D eigenvalue weighted by atomic mass is 79.9. The lowest BCUT2D eigenvalue weighted by atomic mass is 10.1. The molecule has 3 nitrogen and oxygen atoms in total. The Labute approximate surface area is 106 Å². The van der Waals surface area contributed by atoms with E-state index in [9.17, 15) is 4.79 Å². The van der Waals surface area contributed by atoms with E-state index in [1.54, 1.807) is 12.3 Å². The molecule has 1 aromatic heterocycles. The second kappa shape index (κ2) is 4.76. The normalized spacial score (nSPS) is 10.1. The highest BCUT2D eigenvalue weighted by Gasteiger charge is 2.11. The molecule has 82 valence electrons. The lowest BCUT2D eigenvalue weighted by molar-refractivity contribution is 0.102. The van der Waals surface area contributed by atoms with E-state index in [0.29, 0.717) is 10.7 Å². The fourth-order valence-electron chi connectivity index (χ4n) is 1.30. The third-order valence-corrected chi connectivity index (χ3v) is 3.71. The molecule has 0 aliphatic rings. The van der Waals surface area contributed by atoms with Gasteiger partial charge >= 0.3 is 0 Å². The first-order valence-electron chi connectivity index (χ1n) is 4.64. The molecule has 0 atom stereocenters. The molecule has 0 bridgehead atoms. The number of benzene rings is 1.